The third-order valence-electron chi connectivity index (χ3n) is 2.06. The number of halogens is 1. The monoisotopic (exact) mass is 270 g/mol. The van der Waals surface area contributed by atoms with Crippen molar-refractivity contribution in [1.82, 2.24) is 0 Å². The molecule has 1 aromatic carbocycles. The first-order valence-corrected chi connectivity index (χ1v) is 6.94. The lowest BCUT2D eigenvalue weighted by molar-refractivity contribution is -0.115. The van der Waals surface area contributed by atoms with Gasteiger partial charge in [0, 0.05) is 29.2 Å². The van der Waals surface area contributed by atoms with E-state index >= 15 is 0 Å². The van der Waals surface area contributed by atoms with Crippen molar-refractivity contribution in [3.63, 3.8) is 0 Å². The lowest BCUT2D eigenvalue weighted by Crippen LogP contribution is -2.34. The van der Waals surface area contributed by atoms with E-state index in [4.69, 9.17) is 5.73 Å². The van der Waals surface area contributed by atoms with Gasteiger partial charge >= 0.3 is 0 Å². The van der Waals surface area contributed by atoms with Gasteiger partial charge in [0.15, 0.2) is 0 Å². The first-order chi connectivity index (χ1) is 8.37. The van der Waals surface area contributed by atoms with Crippen molar-refractivity contribution in [2.24, 2.45) is 5.73 Å². The van der Waals surface area contributed by atoms with Crippen LogP contribution in [-0.2, 0) is 4.79 Å². The van der Waals surface area contributed by atoms with Gasteiger partial charge in [0.1, 0.15) is 5.82 Å². The van der Waals surface area contributed by atoms with Crippen molar-refractivity contribution in [1.29, 1.82) is 0 Å². The van der Waals surface area contributed by atoms with Gasteiger partial charge in [-0.25, -0.2) is 4.39 Å². The van der Waals surface area contributed by atoms with Crippen LogP contribution in [0.15, 0.2) is 24.3 Å². The number of anilines is 1. The van der Waals surface area contributed by atoms with Crippen LogP contribution in [0.1, 0.15) is 20.3 Å². The Morgan fingerprint density at radius 1 is 1.50 bits per heavy atom. The zero-order valence-electron chi connectivity index (χ0n) is 10.7. The summed E-state index contributed by atoms with van der Waals surface area (Å²) in [6, 6.07) is 5.87. The van der Waals surface area contributed by atoms with E-state index in [-0.39, 0.29) is 17.3 Å². The second kappa shape index (κ2) is 6.75. The predicted octanol–water partition coefficient (Wildman–Crippen LogP) is 2.62. The number of hydrogen-bond acceptors (Lipinski definition) is 3. The van der Waals surface area contributed by atoms with Gasteiger partial charge in [-0.3, -0.25) is 4.79 Å². The third kappa shape index (κ3) is 6.61. The van der Waals surface area contributed by atoms with E-state index in [1.54, 1.807) is 23.9 Å². The molecule has 0 aliphatic heterocycles. The van der Waals surface area contributed by atoms with Crippen molar-refractivity contribution in [2.45, 2.75) is 25.8 Å². The second-order valence-corrected chi connectivity index (χ2v) is 5.95. The summed E-state index contributed by atoms with van der Waals surface area (Å²) < 4.78 is 12.9. The number of rotatable bonds is 6. The average molecular weight is 270 g/mol. The molecule has 0 saturated heterocycles. The smallest absolute Gasteiger partial charge is 0.225 e. The maximum atomic E-state index is 12.9. The van der Waals surface area contributed by atoms with Crippen LogP contribution in [0.5, 0.6) is 0 Å². The molecule has 3 nitrogen and oxygen atoms in total. The predicted molar refractivity (Wildman–Crippen MR) is 75.2 cm³/mol. The van der Waals surface area contributed by atoms with Gasteiger partial charge in [0.25, 0.3) is 0 Å². The van der Waals surface area contributed by atoms with Crippen molar-refractivity contribution in [3.8, 4) is 0 Å². The molecule has 0 saturated carbocycles. The summed E-state index contributed by atoms with van der Waals surface area (Å²) in [5.74, 6) is 1.05. The van der Waals surface area contributed by atoms with E-state index in [1.807, 2.05) is 13.8 Å². The summed E-state index contributed by atoms with van der Waals surface area (Å²) in [6.07, 6.45) is 0.400. The highest BCUT2D eigenvalue weighted by molar-refractivity contribution is 7.99. The van der Waals surface area contributed by atoms with Crippen molar-refractivity contribution >= 4 is 23.4 Å². The van der Waals surface area contributed by atoms with Crippen LogP contribution >= 0.6 is 11.8 Å². The normalized spacial score (nSPS) is 11.3. The molecule has 0 fully saturated rings. The fraction of sp³-hybridized carbons (Fsp3) is 0.462. The summed E-state index contributed by atoms with van der Waals surface area (Å²) in [7, 11) is 0. The summed E-state index contributed by atoms with van der Waals surface area (Å²) in [6.45, 7) is 3.90. The van der Waals surface area contributed by atoms with Gasteiger partial charge in [-0.05, 0) is 32.0 Å². The number of benzene rings is 1. The van der Waals surface area contributed by atoms with Gasteiger partial charge in [-0.15, -0.1) is 0 Å². The summed E-state index contributed by atoms with van der Waals surface area (Å²) in [5, 5.41) is 2.66. The number of hydrogen-bond donors (Lipinski definition) is 2. The number of carbonyl (C=O) groups excluding carboxylic acids is 1. The molecule has 0 bridgehead atoms. The molecule has 0 spiro atoms. The highest BCUT2D eigenvalue weighted by Gasteiger charge is 2.10. The lowest BCUT2D eigenvalue weighted by atomic mass is 10.1. The van der Waals surface area contributed by atoms with E-state index in [9.17, 15) is 9.18 Å². The topological polar surface area (TPSA) is 55.1 Å². The van der Waals surface area contributed by atoms with Crippen molar-refractivity contribution < 1.29 is 9.18 Å². The second-order valence-electron chi connectivity index (χ2n) is 4.85. The van der Waals surface area contributed by atoms with Crippen LogP contribution < -0.4 is 11.1 Å². The average Bonchev–Trinajstić information content (AvgIpc) is 2.23. The molecule has 0 heterocycles. The first kappa shape index (κ1) is 15.0. The maximum Gasteiger partial charge on any atom is 0.225 e. The van der Waals surface area contributed by atoms with Crippen molar-refractivity contribution in [2.75, 3.05) is 16.8 Å². The summed E-state index contributed by atoms with van der Waals surface area (Å²) in [4.78, 5) is 11.6. The zero-order valence-corrected chi connectivity index (χ0v) is 11.5. The molecule has 0 aromatic heterocycles. The number of thioether (sulfide) groups is 1. The first-order valence-electron chi connectivity index (χ1n) is 5.79. The van der Waals surface area contributed by atoms with Gasteiger partial charge in [0.2, 0.25) is 5.91 Å². The molecule has 1 rings (SSSR count). The molecule has 1 amide bonds. The Bertz CT molecular complexity index is 404. The molecule has 0 aliphatic carbocycles. The maximum absolute atomic E-state index is 12.9. The lowest BCUT2D eigenvalue weighted by Gasteiger charge is -2.17. The fourth-order valence-electron chi connectivity index (χ4n) is 1.29. The molecule has 1 aromatic rings. The molecule has 3 N–H and O–H groups in total. The SMILES string of the molecule is CC(C)(N)CSCCC(=O)Nc1cccc(F)c1. The Morgan fingerprint density at radius 2 is 2.22 bits per heavy atom. The Hall–Kier alpha value is -1.07. The van der Waals surface area contributed by atoms with Crippen LogP contribution in [0.3, 0.4) is 0 Å². The largest absolute Gasteiger partial charge is 0.326 e. The number of nitrogens with two attached hydrogens (primary N) is 1. The highest BCUT2D eigenvalue weighted by atomic mass is 32.2. The minimum Gasteiger partial charge on any atom is -0.326 e. The molecule has 0 aliphatic rings. The van der Waals surface area contributed by atoms with Gasteiger partial charge in [-0.2, -0.15) is 11.8 Å². The number of carbonyl (C=O) groups is 1. The van der Waals surface area contributed by atoms with E-state index in [0.717, 1.165) is 5.75 Å². The molecular formula is C13H19FN2OS. The minimum absolute atomic E-state index is 0.108. The van der Waals surface area contributed by atoms with Gasteiger partial charge < -0.3 is 11.1 Å². The van der Waals surface area contributed by atoms with Gasteiger partial charge in [-0.1, -0.05) is 6.07 Å². The molecule has 5 heteroatoms. The third-order valence-corrected chi connectivity index (χ3v) is 3.50. The molecular weight excluding hydrogens is 251 g/mol. The Morgan fingerprint density at radius 3 is 2.83 bits per heavy atom. The number of amides is 1. The standard InChI is InChI=1S/C13H19FN2OS/c1-13(2,15)9-18-7-6-12(17)16-11-5-3-4-10(14)8-11/h3-5,8H,6-7,9,15H2,1-2H3,(H,16,17). The van der Waals surface area contributed by atoms with Crippen molar-refractivity contribution in [3.05, 3.63) is 30.1 Å². The Kier molecular flexibility index (Phi) is 5.62. The Balaban J connectivity index is 2.26. The minimum atomic E-state index is -0.355. The highest BCUT2D eigenvalue weighted by Crippen LogP contribution is 2.13. The molecule has 100 valence electrons. The molecule has 0 unspecified atom stereocenters. The van der Waals surface area contributed by atoms with Crippen LogP contribution in [0, 0.1) is 5.82 Å². The van der Waals surface area contributed by atoms with E-state index in [1.165, 1.54) is 12.1 Å². The molecule has 18 heavy (non-hydrogen) atoms. The van der Waals surface area contributed by atoms with Gasteiger partial charge in [0.05, 0.1) is 0 Å². The molecule has 0 atom stereocenters. The van der Waals surface area contributed by atoms with E-state index in [2.05, 4.69) is 5.32 Å². The van der Waals surface area contributed by atoms with Crippen LogP contribution in [0.4, 0.5) is 10.1 Å². The van der Waals surface area contributed by atoms with Crippen LogP contribution in [0.25, 0.3) is 0 Å². The molecule has 0 radical (unpaired) electrons. The fourth-order valence-corrected chi connectivity index (χ4v) is 2.29. The van der Waals surface area contributed by atoms with E-state index in [0.29, 0.717) is 17.9 Å². The quantitative estimate of drug-likeness (QED) is 0.781. The zero-order chi connectivity index (χ0) is 13.6. The van der Waals surface area contributed by atoms with Crippen LogP contribution in [-0.4, -0.2) is 23.0 Å². The summed E-state index contributed by atoms with van der Waals surface area (Å²) in [5.41, 5.74) is 6.10. The summed E-state index contributed by atoms with van der Waals surface area (Å²) >= 11 is 1.64. The Labute approximate surface area is 111 Å². The van der Waals surface area contributed by atoms with Crippen LogP contribution in [0.2, 0.25) is 0 Å². The number of nitrogens with one attached hydrogen (secondary N) is 1. The van der Waals surface area contributed by atoms with E-state index < -0.39 is 0 Å².